The van der Waals surface area contributed by atoms with Crippen LogP contribution in [0.5, 0.6) is 11.5 Å². The molecule has 9 N–H and O–H groups in total. The summed E-state index contributed by atoms with van der Waals surface area (Å²) in [5.74, 6) is -0.0301. The van der Waals surface area contributed by atoms with Gasteiger partial charge in [-0.1, -0.05) is 6.07 Å². The molecule has 0 aromatic heterocycles. The number of hydrogen-bond acceptors (Lipinski definition) is 8. The molecule has 130 valence electrons. The Bertz CT molecular complexity index is 638. The fourth-order valence-corrected chi connectivity index (χ4v) is 1.17. The van der Waals surface area contributed by atoms with Gasteiger partial charge in [-0.3, -0.25) is 19.3 Å². The molecule has 1 rings (SSSR count). The van der Waals surface area contributed by atoms with E-state index in [1.54, 1.807) is 18.2 Å². The maximum absolute atomic E-state index is 11.3. The van der Waals surface area contributed by atoms with Crippen molar-refractivity contribution in [2.45, 2.75) is 6.29 Å². The second kappa shape index (κ2) is 9.73. The lowest BCUT2D eigenvalue weighted by molar-refractivity contribution is -0.117. The molecule has 0 heterocycles. The largest absolute Gasteiger partial charge is 0.504 e. The Hall–Kier alpha value is -2.22. The lowest BCUT2D eigenvalue weighted by atomic mass is 10.2. The van der Waals surface area contributed by atoms with Gasteiger partial charge in [-0.25, -0.2) is 5.43 Å². The summed E-state index contributed by atoms with van der Waals surface area (Å²) in [5, 5.41) is 9.39. The summed E-state index contributed by atoms with van der Waals surface area (Å²) in [7, 11) is -3.22. The maximum atomic E-state index is 11.3. The van der Waals surface area contributed by atoms with Crippen LogP contribution >= 0.6 is 0 Å². The highest BCUT2D eigenvalue weighted by Gasteiger charge is 2.01. The van der Waals surface area contributed by atoms with Crippen LogP contribution in [0.4, 0.5) is 0 Å². The minimum Gasteiger partial charge on any atom is -0.504 e. The molecule has 1 aromatic rings. The quantitative estimate of drug-likeness (QED) is 0.143. The predicted octanol–water partition coefficient (Wildman–Crippen LogP) is -1.42. The van der Waals surface area contributed by atoms with Crippen LogP contribution in [0.3, 0.4) is 0 Å². The van der Waals surface area contributed by atoms with Crippen LogP contribution in [0.1, 0.15) is 5.56 Å². The number of methoxy groups -OCH3 is 1. The third-order valence-electron chi connectivity index (χ3n) is 1.99. The average Bonchev–Trinajstić information content (AvgIpc) is 2.42. The molecule has 0 radical (unpaired) electrons. The number of ether oxygens (including phenoxy) is 1. The van der Waals surface area contributed by atoms with Crippen LogP contribution in [-0.2, 0) is 15.2 Å². The molecule has 0 atom stereocenters. The lowest BCUT2D eigenvalue weighted by Gasteiger charge is -2.07. The van der Waals surface area contributed by atoms with Crippen molar-refractivity contribution in [3.8, 4) is 11.5 Å². The molecule has 0 aliphatic heterocycles. The zero-order chi connectivity index (χ0) is 18.0. The Kier molecular flexibility index (Phi) is 8.79. The van der Waals surface area contributed by atoms with Crippen LogP contribution in [0, 0.1) is 0 Å². The molecule has 0 spiro atoms. The normalized spacial score (nSPS) is 11.0. The summed E-state index contributed by atoms with van der Waals surface area (Å²) in [5.41, 5.74) is 15.7. The van der Waals surface area contributed by atoms with Gasteiger partial charge in [0.05, 0.1) is 7.11 Å². The van der Waals surface area contributed by atoms with E-state index in [1.807, 2.05) is 0 Å². The third kappa shape index (κ3) is 12.0. The van der Waals surface area contributed by atoms with E-state index < -0.39 is 22.6 Å². The second-order valence-electron chi connectivity index (χ2n) is 3.87. The first-order valence-electron chi connectivity index (χ1n) is 5.84. The van der Waals surface area contributed by atoms with Crippen molar-refractivity contribution < 1.29 is 32.2 Å². The van der Waals surface area contributed by atoms with Crippen molar-refractivity contribution in [3.05, 3.63) is 29.8 Å². The minimum atomic E-state index is -4.67. The highest BCUT2D eigenvalue weighted by molar-refractivity contribution is 7.79. The summed E-state index contributed by atoms with van der Waals surface area (Å²) < 4.78 is 36.5. The van der Waals surface area contributed by atoms with E-state index >= 15 is 0 Å². The van der Waals surface area contributed by atoms with E-state index in [-0.39, 0.29) is 5.75 Å². The Labute approximate surface area is 132 Å². The molecule has 11 nitrogen and oxygen atoms in total. The SMILES string of the molecule is COc1cc(C=CC(=O)NNC(N)N)ccc1O.O=S(=O)(O)O. The maximum Gasteiger partial charge on any atom is 0.394 e. The van der Waals surface area contributed by atoms with Gasteiger partial charge in [0.2, 0.25) is 0 Å². The number of nitrogens with one attached hydrogen (secondary N) is 2. The molecule has 0 bridgehead atoms. The van der Waals surface area contributed by atoms with Crippen LogP contribution < -0.4 is 27.1 Å². The smallest absolute Gasteiger partial charge is 0.394 e. The summed E-state index contributed by atoms with van der Waals surface area (Å²) >= 11 is 0. The Morgan fingerprint density at radius 1 is 1.35 bits per heavy atom. The molecule has 0 saturated heterocycles. The van der Waals surface area contributed by atoms with Crippen molar-refractivity contribution in [3.63, 3.8) is 0 Å². The highest BCUT2D eigenvalue weighted by Crippen LogP contribution is 2.26. The van der Waals surface area contributed by atoms with E-state index in [1.165, 1.54) is 19.3 Å². The monoisotopic (exact) mass is 350 g/mol. The molecule has 1 aromatic carbocycles. The molecule has 0 unspecified atom stereocenters. The number of carbonyl (C=O) groups is 1. The van der Waals surface area contributed by atoms with Gasteiger partial charge in [0.1, 0.15) is 6.29 Å². The topological polar surface area (TPSA) is 197 Å². The first-order chi connectivity index (χ1) is 10.5. The molecule has 0 fully saturated rings. The van der Waals surface area contributed by atoms with Crippen LogP contribution in [0.25, 0.3) is 6.08 Å². The van der Waals surface area contributed by atoms with Crippen molar-refractivity contribution in [1.29, 1.82) is 0 Å². The fraction of sp³-hybridized carbons (Fsp3) is 0.182. The van der Waals surface area contributed by atoms with Crippen molar-refractivity contribution in [2.24, 2.45) is 11.5 Å². The number of nitrogens with two attached hydrogens (primary N) is 2. The molecule has 0 aliphatic rings. The molecule has 0 saturated carbocycles. The standard InChI is InChI=1S/C11H16N4O3.H2O4S/c1-18-9-6-7(2-4-8(9)16)3-5-10(17)14-15-11(12)13;1-5(2,3)4/h2-6,11,15-16H,12-13H2,1H3,(H,14,17);(H2,1,2,3,4). The number of phenolic OH excluding ortho intramolecular Hbond substituents is 1. The van der Waals surface area contributed by atoms with Crippen LogP contribution in [0.15, 0.2) is 24.3 Å². The summed E-state index contributed by atoms with van der Waals surface area (Å²) in [6.07, 6.45) is 2.03. The predicted molar refractivity (Wildman–Crippen MR) is 81.3 cm³/mol. The first-order valence-corrected chi connectivity index (χ1v) is 7.24. The van der Waals surface area contributed by atoms with Gasteiger partial charge in [-0.2, -0.15) is 8.42 Å². The zero-order valence-corrected chi connectivity index (χ0v) is 12.8. The first kappa shape index (κ1) is 20.8. The number of carbonyl (C=O) groups excluding carboxylic acids is 1. The molecule has 23 heavy (non-hydrogen) atoms. The number of rotatable bonds is 5. The number of hydrazine groups is 1. The van der Waals surface area contributed by atoms with Gasteiger partial charge < -0.3 is 21.3 Å². The Balaban J connectivity index is 0.000000841. The van der Waals surface area contributed by atoms with E-state index in [0.29, 0.717) is 11.3 Å². The Morgan fingerprint density at radius 2 is 1.91 bits per heavy atom. The number of phenols is 1. The molecule has 1 amide bonds. The van der Waals surface area contributed by atoms with Gasteiger partial charge in [0, 0.05) is 6.08 Å². The van der Waals surface area contributed by atoms with E-state index in [2.05, 4.69) is 10.9 Å². The summed E-state index contributed by atoms with van der Waals surface area (Å²) in [6, 6.07) is 4.72. The van der Waals surface area contributed by atoms with Gasteiger partial charge in [0.25, 0.3) is 5.91 Å². The van der Waals surface area contributed by atoms with Gasteiger partial charge in [0.15, 0.2) is 11.5 Å². The van der Waals surface area contributed by atoms with E-state index in [0.717, 1.165) is 0 Å². The molecule has 0 aliphatic carbocycles. The van der Waals surface area contributed by atoms with Crippen LogP contribution in [-0.4, -0.2) is 41.9 Å². The van der Waals surface area contributed by atoms with Gasteiger partial charge >= 0.3 is 10.4 Å². The number of hydrogen-bond donors (Lipinski definition) is 7. The molecular weight excluding hydrogens is 332 g/mol. The summed E-state index contributed by atoms with van der Waals surface area (Å²) in [4.78, 5) is 11.3. The number of benzene rings is 1. The zero-order valence-electron chi connectivity index (χ0n) is 12.0. The van der Waals surface area contributed by atoms with Gasteiger partial charge in [-0.15, -0.1) is 0 Å². The van der Waals surface area contributed by atoms with Gasteiger partial charge in [-0.05, 0) is 23.8 Å². The fourth-order valence-electron chi connectivity index (χ4n) is 1.17. The van der Waals surface area contributed by atoms with E-state index in [4.69, 9.17) is 33.7 Å². The van der Waals surface area contributed by atoms with Crippen molar-refractivity contribution >= 4 is 22.4 Å². The van der Waals surface area contributed by atoms with Crippen molar-refractivity contribution in [2.75, 3.05) is 7.11 Å². The number of amides is 1. The van der Waals surface area contributed by atoms with E-state index in [9.17, 15) is 9.90 Å². The van der Waals surface area contributed by atoms with Crippen LogP contribution in [0.2, 0.25) is 0 Å². The highest BCUT2D eigenvalue weighted by atomic mass is 32.3. The number of aromatic hydroxyl groups is 1. The second-order valence-corrected chi connectivity index (χ2v) is 4.77. The van der Waals surface area contributed by atoms with Crippen molar-refractivity contribution in [1.82, 2.24) is 10.9 Å². The molecule has 12 heteroatoms. The lowest BCUT2D eigenvalue weighted by Crippen LogP contribution is -2.53. The average molecular weight is 350 g/mol. The third-order valence-corrected chi connectivity index (χ3v) is 1.99. The summed E-state index contributed by atoms with van der Waals surface area (Å²) in [6.45, 7) is 0. The Morgan fingerprint density at radius 3 is 2.39 bits per heavy atom. The minimum absolute atomic E-state index is 0.0369. The molecular formula is C11H18N4O7S.